The number of urea groups is 1. The Balaban J connectivity index is 1.69. The van der Waals surface area contributed by atoms with Crippen molar-refractivity contribution in [1.82, 2.24) is 5.32 Å². The molecule has 3 amide bonds. The number of carbonyl (C=O) groups excluding carboxylic acids is 2. The molecular weight excluding hydrogens is 483 g/mol. The first-order chi connectivity index (χ1) is 15.8. The van der Waals surface area contributed by atoms with Gasteiger partial charge in [0.1, 0.15) is 11.9 Å². The highest BCUT2D eigenvalue weighted by atomic mass is 35.5. The number of ether oxygens (including phenoxy) is 1. The molecule has 33 heavy (non-hydrogen) atoms. The van der Waals surface area contributed by atoms with Crippen LogP contribution in [0.2, 0.25) is 15.1 Å². The summed E-state index contributed by atoms with van der Waals surface area (Å²) in [4.78, 5) is 24.5. The van der Waals surface area contributed by atoms with Crippen molar-refractivity contribution in [1.29, 1.82) is 0 Å². The van der Waals surface area contributed by atoms with E-state index in [1.807, 2.05) is 13.0 Å². The molecule has 0 aliphatic heterocycles. The highest BCUT2D eigenvalue weighted by molar-refractivity contribution is 6.35. The van der Waals surface area contributed by atoms with Crippen LogP contribution in [0.15, 0.2) is 60.7 Å². The molecule has 0 fully saturated rings. The lowest BCUT2D eigenvalue weighted by molar-refractivity contribution is 0.0967. The lowest BCUT2D eigenvalue weighted by Crippen LogP contribution is -2.34. The van der Waals surface area contributed by atoms with Gasteiger partial charge in [0, 0.05) is 21.3 Å². The van der Waals surface area contributed by atoms with Crippen LogP contribution in [0.3, 0.4) is 0 Å². The average molecular weight is 506 g/mol. The molecule has 172 valence electrons. The van der Waals surface area contributed by atoms with Gasteiger partial charge in [0.2, 0.25) is 0 Å². The molecule has 0 bridgehead atoms. The van der Waals surface area contributed by atoms with Crippen molar-refractivity contribution in [2.45, 2.75) is 32.8 Å². The molecular formula is C25H23Cl3N2O3. The minimum atomic E-state index is -0.662. The lowest BCUT2D eigenvalue weighted by Gasteiger charge is -2.22. The zero-order valence-corrected chi connectivity index (χ0v) is 20.4. The Morgan fingerprint density at radius 1 is 0.970 bits per heavy atom. The first-order valence-electron chi connectivity index (χ1n) is 10.4. The van der Waals surface area contributed by atoms with E-state index in [4.69, 9.17) is 39.5 Å². The average Bonchev–Trinajstić information content (AvgIpc) is 2.75. The van der Waals surface area contributed by atoms with Crippen molar-refractivity contribution in [2.24, 2.45) is 0 Å². The van der Waals surface area contributed by atoms with Crippen molar-refractivity contribution in [3.05, 3.63) is 92.4 Å². The van der Waals surface area contributed by atoms with E-state index in [0.29, 0.717) is 21.5 Å². The third kappa shape index (κ3) is 6.64. The molecule has 0 saturated heterocycles. The summed E-state index contributed by atoms with van der Waals surface area (Å²) in [5.74, 6) is 0.0783. The van der Waals surface area contributed by atoms with Gasteiger partial charge in [0.05, 0.1) is 10.6 Å². The van der Waals surface area contributed by atoms with E-state index in [1.54, 1.807) is 54.6 Å². The number of rotatable bonds is 7. The van der Waals surface area contributed by atoms with Crippen molar-refractivity contribution >= 4 is 52.4 Å². The Hall–Kier alpha value is -2.73. The molecule has 0 aliphatic carbocycles. The number of amides is 3. The summed E-state index contributed by atoms with van der Waals surface area (Å²) < 4.78 is 6.26. The van der Waals surface area contributed by atoms with Gasteiger partial charge in [-0.2, -0.15) is 0 Å². The standard InChI is InChI=1S/C25H23Cl3N2O3/c1-3-6-23(18-11-9-16(26)14-21(18)28)33-22-12-10-17(13-15(22)2)29-25(32)30-24(31)19-7-4-5-8-20(19)27/h4-5,7-14,23H,3,6H2,1-2H3,(H2,29,30,31,32). The van der Waals surface area contributed by atoms with Gasteiger partial charge >= 0.3 is 6.03 Å². The maximum atomic E-state index is 12.3. The van der Waals surface area contributed by atoms with Gasteiger partial charge in [-0.15, -0.1) is 0 Å². The summed E-state index contributed by atoms with van der Waals surface area (Å²) >= 11 is 18.4. The monoisotopic (exact) mass is 504 g/mol. The number of halogens is 3. The van der Waals surface area contributed by atoms with E-state index in [1.165, 1.54) is 0 Å². The summed E-state index contributed by atoms with van der Waals surface area (Å²) in [6.45, 7) is 3.95. The molecule has 3 aromatic rings. The molecule has 0 radical (unpaired) electrons. The lowest BCUT2D eigenvalue weighted by atomic mass is 10.0. The number of carbonyl (C=O) groups is 2. The van der Waals surface area contributed by atoms with Crippen molar-refractivity contribution in [2.75, 3.05) is 5.32 Å². The Kier molecular flexibility index (Phi) is 8.61. The van der Waals surface area contributed by atoms with Gasteiger partial charge in [-0.05, 0) is 61.4 Å². The van der Waals surface area contributed by atoms with E-state index in [9.17, 15) is 9.59 Å². The largest absolute Gasteiger partial charge is 0.485 e. The second kappa shape index (κ2) is 11.4. The van der Waals surface area contributed by atoms with E-state index in [-0.39, 0.29) is 16.7 Å². The number of nitrogens with one attached hydrogen (secondary N) is 2. The van der Waals surface area contributed by atoms with Gasteiger partial charge in [-0.3, -0.25) is 10.1 Å². The summed E-state index contributed by atoms with van der Waals surface area (Å²) in [6, 6.07) is 16.4. The third-order valence-corrected chi connectivity index (χ3v) is 5.80. The number of aryl methyl sites for hydroxylation is 1. The topological polar surface area (TPSA) is 67.4 Å². The van der Waals surface area contributed by atoms with E-state index < -0.39 is 11.9 Å². The minimum absolute atomic E-state index is 0.220. The highest BCUT2D eigenvalue weighted by Crippen LogP contribution is 2.34. The van der Waals surface area contributed by atoms with Crippen LogP contribution in [0.4, 0.5) is 10.5 Å². The van der Waals surface area contributed by atoms with Gasteiger partial charge in [-0.25, -0.2) is 4.79 Å². The summed E-state index contributed by atoms with van der Waals surface area (Å²) in [7, 11) is 0. The predicted molar refractivity (Wildman–Crippen MR) is 134 cm³/mol. The highest BCUT2D eigenvalue weighted by Gasteiger charge is 2.18. The van der Waals surface area contributed by atoms with Gasteiger partial charge in [0.25, 0.3) is 5.91 Å². The Labute approximate surface area is 208 Å². The number of benzene rings is 3. The first-order valence-corrected chi connectivity index (χ1v) is 11.5. The van der Waals surface area contributed by atoms with Crippen LogP contribution in [0.25, 0.3) is 0 Å². The van der Waals surface area contributed by atoms with Crippen LogP contribution >= 0.6 is 34.8 Å². The molecule has 0 aliphatic rings. The zero-order chi connectivity index (χ0) is 24.0. The Morgan fingerprint density at radius 3 is 2.39 bits per heavy atom. The van der Waals surface area contributed by atoms with E-state index in [0.717, 1.165) is 24.0 Å². The maximum Gasteiger partial charge on any atom is 0.326 e. The molecule has 1 atom stereocenters. The van der Waals surface area contributed by atoms with Crippen molar-refractivity contribution in [3.8, 4) is 5.75 Å². The van der Waals surface area contributed by atoms with E-state index in [2.05, 4.69) is 17.6 Å². The fourth-order valence-electron chi connectivity index (χ4n) is 3.29. The molecule has 3 rings (SSSR count). The third-order valence-electron chi connectivity index (χ3n) is 4.91. The quantitative estimate of drug-likeness (QED) is 0.344. The molecule has 0 heterocycles. The molecule has 5 nitrogen and oxygen atoms in total. The smallest absolute Gasteiger partial charge is 0.326 e. The predicted octanol–water partition coefficient (Wildman–Crippen LogP) is 7.84. The summed E-state index contributed by atoms with van der Waals surface area (Å²) in [5, 5.41) is 6.31. The molecule has 0 aromatic heterocycles. The fraction of sp³-hybridized carbons (Fsp3) is 0.200. The van der Waals surface area contributed by atoms with E-state index >= 15 is 0 Å². The minimum Gasteiger partial charge on any atom is -0.485 e. The molecule has 0 spiro atoms. The van der Waals surface area contributed by atoms with Gasteiger partial charge < -0.3 is 10.1 Å². The second-order valence-electron chi connectivity index (χ2n) is 7.43. The molecule has 1 unspecified atom stereocenters. The first kappa shape index (κ1) is 24.9. The fourth-order valence-corrected chi connectivity index (χ4v) is 4.05. The van der Waals surface area contributed by atoms with Crippen molar-refractivity contribution in [3.63, 3.8) is 0 Å². The zero-order valence-electron chi connectivity index (χ0n) is 18.1. The SMILES string of the molecule is CCCC(Oc1ccc(NC(=O)NC(=O)c2ccccc2Cl)cc1C)c1ccc(Cl)cc1Cl. The molecule has 0 saturated carbocycles. The van der Waals surface area contributed by atoms with Crippen LogP contribution in [-0.4, -0.2) is 11.9 Å². The maximum absolute atomic E-state index is 12.3. The normalized spacial score (nSPS) is 11.5. The molecule has 3 aromatic carbocycles. The number of hydrogen-bond donors (Lipinski definition) is 2. The number of hydrogen-bond acceptors (Lipinski definition) is 3. The molecule has 8 heteroatoms. The van der Waals surface area contributed by atoms with Crippen LogP contribution in [0.1, 0.15) is 47.4 Å². The summed E-state index contributed by atoms with van der Waals surface area (Å²) in [5.41, 5.74) is 2.41. The van der Waals surface area contributed by atoms with Gasteiger partial charge in [-0.1, -0.05) is 66.3 Å². The van der Waals surface area contributed by atoms with Crippen LogP contribution in [0.5, 0.6) is 5.75 Å². The van der Waals surface area contributed by atoms with Crippen LogP contribution < -0.4 is 15.4 Å². The summed E-state index contributed by atoms with van der Waals surface area (Å²) in [6.07, 6.45) is 1.43. The van der Waals surface area contributed by atoms with Crippen LogP contribution in [-0.2, 0) is 0 Å². The van der Waals surface area contributed by atoms with Gasteiger partial charge in [0.15, 0.2) is 0 Å². The number of anilines is 1. The Morgan fingerprint density at radius 2 is 1.73 bits per heavy atom. The second-order valence-corrected chi connectivity index (χ2v) is 8.68. The van der Waals surface area contributed by atoms with Crippen molar-refractivity contribution < 1.29 is 14.3 Å². The van der Waals surface area contributed by atoms with Crippen LogP contribution in [0, 0.1) is 6.92 Å². The Bertz CT molecular complexity index is 1170. The molecule has 2 N–H and O–H groups in total. The number of imide groups is 1.